The Morgan fingerprint density at radius 1 is 1.53 bits per heavy atom. The fourth-order valence-corrected chi connectivity index (χ4v) is 2.07. The maximum atomic E-state index is 5.42. The van der Waals surface area contributed by atoms with E-state index in [1.54, 1.807) is 25.1 Å². The number of hydrogen-bond donors (Lipinski definition) is 1. The first-order valence-corrected chi connectivity index (χ1v) is 5.81. The van der Waals surface area contributed by atoms with Crippen molar-refractivity contribution < 1.29 is 4.74 Å². The van der Waals surface area contributed by atoms with Crippen LogP contribution in [-0.2, 0) is 5.75 Å². The zero-order chi connectivity index (χ0) is 11.3. The van der Waals surface area contributed by atoms with Gasteiger partial charge in [-0.1, -0.05) is 18.2 Å². The minimum Gasteiger partial charge on any atom is -0.496 e. The van der Waals surface area contributed by atoms with E-state index in [2.05, 4.69) is 25.1 Å². The van der Waals surface area contributed by atoms with E-state index in [1.165, 1.54) is 11.1 Å². The molecule has 0 unspecified atom stereocenters. The highest BCUT2D eigenvalue weighted by Gasteiger charge is 2.05. The molecule has 0 saturated heterocycles. The zero-order valence-electron chi connectivity index (χ0n) is 9.41. The lowest BCUT2D eigenvalue weighted by Crippen LogP contribution is -1.93. The van der Waals surface area contributed by atoms with Crippen molar-refractivity contribution in [3.63, 3.8) is 0 Å². The van der Waals surface area contributed by atoms with Crippen LogP contribution in [0.2, 0.25) is 0 Å². The Kier molecular flexibility index (Phi) is 4.56. The second-order valence-corrected chi connectivity index (χ2v) is 4.55. The van der Waals surface area contributed by atoms with Crippen molar-refractivity contribution in [3.8, 4) is 5.75 Å². The largest absolute Gasteiger partial charge is 0.496 e. The van der Waals surface area contributed by atoms with Crippen LogP contribution in [0.25, 0.3) is 0 Å². The van der Waals surface area contributed by atoms with Crippen LogP contribution in [0.4, 0.5) is 0 Å². The van der Waals surface area contributed by atoms with Gasteiger partial charge in [-0.25, -0.2) is 0 Å². The molecule has 0 radical (unpaired) electrons. The summed E-state index contributed by atoms with van der Waals surface area (Å²) in [7, 11) is 1.71. The second kappa shape index (κ2) is 5.71. The van der Waals surface area contributed by atoms with Gasteiger partial charge in [0.05, 0.1) is 7.11 Å². The van der Waals surface area contributed by atoms with Crippen molar-refractivity contribution in [1.29, 1.82) is 0 Å². The van der Waals surface area contributed by atoms with E-state index in [9.17, 15) is 0 Å². The molecule has 0 aliphatic rings. The molecule has 0 saturated carbocycles. The Balaban J connectivity index is 2.80. The van der Waals surface area contributed by atoms with Gasteiger partial charge in [-0.2, -0.15) is 0 Å². The van der Waals surface area contributed by atoms with Crippen molar-refractivity contribution in [3.05, 3.63) is 40.4 Å². The SMILES string of the molecule is COc1c(C)cccc1CS/C(C)=C\N. The molecule has 0 bridgehead atoms. The summed E-state index contributed by atoms with van der Waals surface area (Å²) in [6.07, 6.45) is 1.63. The summed E-state index contributed by atoms with van der Waals surface area (Å²) in [6.45, 7) is 4.06. The van der Waals surface area contributed by atoms with E-state index in [0.29, 0.717) is 0 Å². The molecule has 0 aliphatic heterocycles. The van der Waals surface area contributed by atoms with Gasteiger partial charge < -0.3 is 10.5 Å². The molecule has 1 aromatic rings. The third kappa shape index (κ3) is 3.20. The van der Waals surface area contributed by atoms with Crippen LogP contribution in [-0.4, -0.2) is 7.11 Å². The number of methoxy groups -OCH3 is 1. The Hall–Kier alpha value is -1.09. The fourth-order valence-electron chi connectivity index (χ4n) is 1.36. The van der Waals surface area contributed by atoms with Gasteiger partial charge in [0.15, 0.2) is 0 Å². The van der Waals surface area contributed by atoms with Crippen molar-refractivity contribution in [2.24, 2.45) is 5.73 Å². The van der Waals surface area contributed by atoms with E-state index in [1.807, 2.05) is 6.92 Å². The van der Waals surface area contributed by atoms with Gasteiger partial charge in [0.2, 0.25) is 0 Å². The average Bonchev–Trinajstić information content (AvgIpc) is 2.25. The average molecular weight is 223 g/mol. The molecule has 0 atom stereocenters. The molecule has 1 aromatic carbocycles. The van der Waals surface area contributed by atoms with E-state index < -0.39 is 0 Å². The van der Waals surface area contributed by atoms with Gasteiger partial charge in [0.1, 0.15) is 5.75 Å². The monoisotopic (exact) mass is 223 g/mol. The third-order valence-electron chi connectivity index (χ3n) is 2.19. The van der Waals surface area contributed by atoms with Gasteiger partial charge in [0, 0.05) is 17.5 Å². The van der Waals surface area contributed by atoms with Gasteiger partial charge in [-0.05, 0) is 24.3 Å². The number of hydrogen-bond acceptors (Lipinski definition) is 3. The normalized spacial score (nSPS) is 11.5. The summed E-state index contributed by atoms with van der Waals surface area (Å²) < 4.78 is 5.38. The quantitative estimate of drug-likeness (QED) is 0.852. The van der Waals surface area contributed by atoms with E-state index >= 15 is 0 Å². The van der Waals surface area contributed by atoms with Crippen LogP contribution < -0.4 is 10.5 Å². The highest BCUT2D eigenvalue weighted by Crippen LogP contribution is 2.29. The van der Waals surface area contributed by atoms with Crippen LogP contribution in [0.1, 0.15) is 18.1 Å². The molecule has 2 nitrogen and oxygen atoms in total. The number of rotatable bonds is 4. The van der Waals surface area contributed by atoms with Crippen molar-refractivity contribution >= 4 is 11.8 Å². The van der Waals surface area contributed by atoms with E-state index in [4.69, 9.17) is 10.5 Å². The van der Waals surface area contributed by atoms with Crippen LogP contribution in [0.5, 0.6) is 5.75 Å². The topological polar surface area (TPSA) is 35.2 Å². The lowest BCUT2D eigenvalue weighted by atomic mass is 10.1. The van der Waals surface area contributed by atoms with Gasteiger partial charge in [-0.3, -0.25) is 0 Å². The molecule has 0 aliphatic carbocycles. The zero-order valence-corrected chi connectivity index (χ0v) is 10.2. The summed E-state index contributed by atoms with van der Waals surface area (Å²) in [5.74, 6) is 1.87. The highest BCUT2D eigenvalue weighted by molar-refractivity contribution is 8.02. The van der Waals surface area contributed by atoms with Crippen LogP contribution in [0.15, 0.2) is 29.3 Å². The molecular formula is C12H17NOS. The number of thioether (sulfide) groups is 1. The summed E-state index contributed by atoms with van der Waals surface area (Å²) in [5.41, 5.74) is 7.81. The number of benzene rings is 1. The molecule has 0 amide bonds. The van der Waals surface area contributed by atoms with E-state index in [0.717, 1.165) is 16.4 Å². The second-order valence-electron chi connectivity index (χ2n) is 3.33. The standard InChI is InChI=1S/C12H17NOS/c1-9-5-4-6-11(12(9)14-3)8-15-10(2)7-13/h4-7H,8,13H2,1-3H3/b10-7-. The molecule has 15 heavy (non-hydrogen) atoms. The molecule has 3 heteroatoms. The maximum absolute atomic E-state index is 5.42. The number of ether oxygens (including phenoxy) is 1. The summed E-state index contributed by atoms with van der Waals surface area (Å²) in [4.78, 5) is 1.12. The van der Waals surface area contributed by atoms with Crippen molar-refractivity contribution in [2.45, 2.75) is 19.6 Å². The minimum absolute atomic E-state index is 0.893. The van der Waals surface area contributed by atoms with Gasteiger partial charge >= 0.3 is 0 Å². The Morgan fingerprint density at radius 3 is 2.87 bits per heavy atom. The molecule has 2 N–H and O–H groups in total. The first-order chi connectivity index (χ1) is 7.19. The van der Waals surface area contributed by atoms with Gasteiger partial charge in [-0.15, -0.1) is 11.8 Å². The summed E-state index contributed by atoms with van der Waals surface area (Å²) >= 11 is 1.72. The van der Waals surface area contributed by atoms with Crippen LogP contribution in [0, 0.1) is 6.92 Å². The fraction of sp³-hybridized carbons (Fsp3) is 0.333. The number of nitrogens with two attached hydrogens (primary N) is 1. The molecule has 82 valence electrons. The van der Waals surface area contributed by atoms with Gasteiger partial charge in [0.25, 0.3) is 0 Å². The minimum atomic E-state index is 0.893. The molecule has 0 aromatic heterocycles. The first-order valence-electron chi connectivity index (χ1n) is 4.82. The predicted octanol–water partition coefficient (Wildman–Crippen LogP) is 3.06. The Bertz CT molecular complexity index is 361. The van der Waals surface area contributed by atoms with Crippen molar-refractivity contribution in [1.82, 2.24) is 0 Å². The smallest absolute Gasteiger partial charge is 0.125 e. The first kappa shape index (κ1) is 12.0. The summed E-state index contributed by atoms with van der Waals surface area (Å²) in [6, 6.07) is 6.19. The number of aryl methyl sites for hydroxylation is 1. The van der Waals surface area contributed by atoms with Crippen LogP contribution >= 0.6 is 11.8 Å². The lowest BCUT2D eigenvalue weighted by molar-refractivity contribution is 0.408. The van der Waals surface area contributed by atoms with Crippen molar-refractivity contribution in [2.75, 3.05) is 7.11 Å². The third-order valence-corrected chi connectivity index (χ3v) is 3.23. The number of allylic oxidation sites excluding steroid dienone is 1. The summed E-state index contributed by atoms with van der Waals surface area (Å²) in [5, 5.41) is 0. The highest BCUT2D eigenvalue weighted by atomic mass is 32.2. The van der Waals surface area contributed by atoms with E-state index in [-0.39, 0.29) is 0 Å². The number of para-hydroxylation sites is 1. The molecular weight excluding hydrogens is 206 g/mol. The lowest BCUT2D eigenvalue weighted by Gasteiger charge is -2.10. The van der Waals surface area contributed by atoms with Crippen LogP contribution in [0.3, 0.4) is 0 Å². The maximum Gasteiger partial charge on any atom is 0.125 e. The Morgan fingerprint density at radius 2 is 2.27 bits per heavy atom. The Labute approximate surface area is 95.5 Å². The predicted molar refractivity (Wildman–Crippen MR) is 67.0 cm³/mol. The molecule has 0 heterocycles. The molecule has 1 rings (SSSR count). The molecule has 0 spiro atoms. The molecule has 0 fully saturated rings.